The fourth-order valence-corrected chi connectivity index (χ4v) is 8.66. The van der Waals surface area contributed by atoms with E-state index in [0.29, 0.717) is 22.1 Å². The first kappa shape index (κ1) is 18.0. The maximum Gasteiger partial charge on any atom is 0.489 e. The molecular weight excluding hydrogens is 275 g/mol. The first-order valence-electron chi connectivity index (χ1n) is 7.71. The lowest BCUT2D eigenvalue weighted by Crippen LogP contribution is -2.43. The molecule has 1 aromatic rings. The molecule has 2 nitrogen and oxygen atoms in total. The van der Waals surface area contributed by atoms with Crippen molar-refractivity contribution in [2.75, 3.05) is 0 Å². The van der Waals surface area contributed by atoms with Crippen molar-refractivity contribution >= 4 is 20.7 Å². The van der Waals surface area contributed by atoms with Crippen LogP contribution in [0, 0.1) is 11.5 Å². The van der Waals surface area contributed by atoms with Crippen LogP contribution in [0.15, 0.2) is 24.3 Å². The van der Waals surface area contributed by atoms with Gasteiger partial charge in [0.2, 0.25) is 0 Å². The maximum atomic E-state index is 9.46. The Morgan fingerprint density at radius 2 is 1.38 bits per heavy atom. The molecule has 0 atom stereocenters. The Labute approximate surface area is 130 Å². The van der Waals surface area contributed by atoms with Gasteiger partial charge in [0.05, 0.1) is 0 Å². The number of benzene rings is 1. The van der Waals surface area contributed by atoms with Gasteiger partial charge in [0, 0.05) is 5.56 Å². The van der Waals surface area contributed by atoms with E-state index >= 15 is 0 Å². The van der Waals surface area contributed by atoms with E-state index in [9.17, 15) is 10.0 Å². The van der Waals surface area contributed by atoms with Crippen LogP contribution < -0.4 is 5.46 Å². The minimum Gasteiger partial charge on any atom is -0.423 e. The van der Waals surface area contributed by atoms with Crippen molar-refractivity contribution < 1.29 is 10.0 Å². The number of hydrogen-bond acceptors (Lipinski definition) is 2. The second kappa shape index (κ2) is 7.31. The van der Waals surface area contributed by atoms with Gasteiger partial charge in [0.15, 0.2) is 0 Å². The van der Waals surface area contributed by atoms with E-state index in [1.165, 1.54) is 0 Å². The molecule has 21 heavy (non-hydrogen) atoms. The van der Waals surface area contributed by atoms with Crippen LogP contribution in [0.1, 0.15) is 47.1 Å². The van der Waals surface area contributed by atoms with Crippen molar-refractivity contribution in [2.24, 2.45) is 0 Å². The van der Waals surface area contributed by atoms with Crippen LogP contribution in [0.2, 0.25) is 16.6 Å². The topological polar surface area (TPSA) is 40.5 Å². The van der Waals surface area contributed by atoms with Gasteiger partial charge >= 0.3 is 7.12 Å². The van der Waals surface area contributed by atoms with E-state index in [-0.39, 0.29) is 0 Å². The largest absolute Gasteiger partial charge is 0.489 e. The minimum absolute atomic E-state index is 0.490. The Kier molecular flexibility index (Phi) is 6.27. The first-order valence-corrected chi connectivity index (χ1v) is 9.94. The molecule has 1 rings (SSSR count). The molecule has 0 aliphatic carbocycles. The van der Waals surface area contributed by atoms with Gasteiger partial charge in [0.25, 0.3) is 0 Å². The van der Waals surface area contributed by atoms with Gasteiger partial charge in [-0.2, -0.15) is 0 Å². The lowest BCUT2D eigenvalue weighted by atomic mass is 9.77. The molecule has 0 amide bonds. The van der Waals surface area contributed by atoms with E-state index < -0.39 is 15.2 Å². The highest BCUT2D eigenvalue weighted by Crippen LogP contribution is 2.40. The molecule has 0 aliphatic rings. The van der Waals surface area contributed by atoms with Crippen molar-refractivity contribution in [3.05, 3.63) is 29.8 Å². The summed E-state index contributed by atoms with van der Waals surface area (Å²) in [7, 11) is -3.26. The lowest BCUT2D eigenvalue weighted by molar-refractivity contribution is 0.425. The average Bonchev–Trinajstić information content (AvgIpc) is 2.38. The normalized spacial score (nSPS) is 11.8. The van der Waals surface area contributed by atoms with E-state index in [2.05, 4.69) is 53.0 Å². The zero-order chi connectivity index (χ0) is 16.2. The quantitative estimate of drug-likeness (QED) is 0.663. The molecule has 0 fully saturated rings. The maximum absolute atomic E-state index is 9.46. The molecule has 0 radical (unpaired) electrons. The zero-order valence-corrected chi connectivity index (χ0v) is 15.0. The lowest BCUT2D eigenvalue weighted by Gasteiger charge is -2.38. The van der Waals surface area contributed by atoms with Crippen molar-refractivity contribution in [1.29, 1.82) is 0 Å². The third-order valence-electron chi connectivity index (χ3n) is 4.52. The summed E-state index contributed by atoms with van der Waals surface area (Å²) in [6, 6.07) is 7.27. The molecule has 0 unspecified atom stereocenters. The van der Waals surface area contributed by atoms with E-state index in [1.807, 2.05) is 12.1 Å². The van der Waals surface area contributed by atoms with Crippen LogP contribution in [-0.4, -0.2) is 25.2 Å². The molecule has 0 saturated carbocycles. The molecule has 2 N–H and O–H groups in total. The Hall–Kier alpha value is -1.02. The first-order chi connectivity index (χ1) is 9.73. The monoisotopic (exact) mass is 302 g/mol. The second-order valence-electron chi connectivity index (χ2n) is 6.61. The number of hydrogen-bond donors (Lipinski definition) is 2. The fraction of sp³-hybridized carbons (Fsp3) is 0.529. The molecular formula is C17H27BO2Si. The average molecular weight is 302 g/mol. The molecule has 0 aromatic heterocycles. The van der Waals surface area contributed by atoms with Crippen molar-refractivity contribution in [3.63, 3.8) is 0 Å². The van der Waals surface area contributed by atoms with Crippen LogP contribution >= 0.6 is 0 Å². The molecule has 0 spiro atoms. The molecule has 114 valence electrons. The Morgan fingerprint density at radius 1 is 0.905 bits per heavy atom. The van der Waals surface area contributed by atoms with Gasteiger partial charge in [-0.25, -0.2) is 0 Å². The highest BCUT2D eigenvalue weighted by Gasteiger charge is 2.41. The highest BCUT2D eigenvalue weighted by molar-refractivity contribution is 6.90. The third-order valence-corrected chi connectivity index (χ3v) is 10.8. The Bertz CT molecular complexity index is 505. The number of rotatable bonds is 4. The molecule has 4 heteroatoms. The summed E-state index contributed by atoms with van der Waals surface area (Å²) in [4.78, 5) is 0. The summed E-state index contributed by atoms with van der Waals surface area (Å²) in [6.45, 7) is 13.6. The van der Waals surface area contributed by atoms with Crippen LogP contribution in [0.3, 0.4) is 0 Å². The summed E-state index contributed by atoms with van der Waals surface area (Å²) < 4.78 is 0. The Morgan fingerprint density at radius 3 is 1.81 bits per heavy atom. The Balaban J connectivity index is 3.36. The summed E-state index contributed by atoms with van der Waals surface area (Å²) in [5.74, 6) is 3.27. The van der Waals surface area contributed by atoms with Crippen LogP contribution in [-0.2, 0) is 0 Å². The van der Waals surface area contributed by atoms with Gasteiger partial charge < -0.3 is 10.0 Å². The summed E-state index contributed by atoms with van der Waals surface area (Å²) >= 11 is 0. The van der Waals surface area contributed by atoms with Gasteiger partial charge in [0.1, 0.15) is 8.07 Å². The highest BCUT2D eigenvalue weighted by atomic mass is 28.3. The van der Waals surface area contributed by atoms with Gasteiger partial charge in [-0.3, -0.25) is 0 Å². The summed E-state index contributed by atoms with van der Waals surface area (Å²) in [5, 5.41) is 18.9. The second-order valence-corrected chi connectivity index (χ2v) is 12.2. The van der Waals surface area contributed by atoms with E-state index in [1.54, 1.807) is 12.1 Å². The van der Waals surface area contributed by atoms with Crippen molar-refractivity contribution in [1.82, 2.24) is 0 Å². The molecule has 0 bridgehead atoms. The molecule has 0 saturated heterocycles. The third kappa shape index (κ3) is 3.79. The van der Waals surface area contributed by atoms with Gasteiger partial charge in [-0.1, -0.05) is 65.7 Å². The smallest absolute Gasteiger partial charge is 0.423 e. The zero-order valence-electron chi connectivity index (χ0n) is 14.0. The van der Waals surface area contributed by atoms with Gasteiger partial charge in [-0.15, -0.1) is 5.54 Å². The standard InChI is InChI=1S/C17H27BO2Si/c1-13(2)21(14(3)4,15(5)6)12-11-16-9-7-8-10-17(16)18(19)20/h7-10,13-15,19-20H,1-6H3. The van der Waals surface area contributed by atoms with Crippen LogP contribution in [0.5, 0.6) is 0 Å². The van der Waals surface area contributed by atoms with E-state index in [0.717, 1.165) is 5.56 Å². The van der Waals surface area contributed by atoms with Gasteiger partial charge in [-0.05, 0) is 28.2 Å². The summed E-state index contributed by atoms with van der Waals surface area (Å²) in [5.41, 5.74) is 6.53. The van der Waals surface area contributed by atoms with E-state index in [4.69, 9.17) is 0 Å². The minimum atomic E-state index is -1.79. The van der Waals surface area contributed by atoms with Crippen molar-refractivity contribution in [2.45, 2.75) is 58.2 Å². The molecule has 0 aliphatic heterocycles. The predicted octanol–water partition coefficient (Wildman–Crippen LogP) is 2.94. The predicted molar refractivity (Wildman–Crippen MR) is 94.2 cm³/mol. The fourth-order valence-electron chi connectivity index (χ4n) is 3.44. The van der Waals surface area contributed by atoms with Crippen molar-refractivity contribution in [3.8, 4) is 11.5 Å². The molecule has 1 aromatic carbocycles. The molecule has 0 heterocycles. The SMILES string of the molecule is CC(C)[Si](C#Cc1ccccc1B(O)O)(C(C)C)C(C)C. The summed E-state index contributed by atoms with van der Waals surface area (Å²) in [6.07, 6.45) is 0. The van der Waals surface area contributed by atoms with Crippen LogP contribution in [0.25, 0.3) is 0 Å². The van der Waals surface area contributed by atoms with Crippen LogP contribution in [0.4, 0.5) is 0 Å².